The molecule has 0 N–H and O–H groups in total. The van der Waals surface area contributed by atoms with Crippen LogP contribution in [0.4, 0.5) is 0 Å². The lowest BCUT2D eigenvalue weighted by Crippen LogP contribution is -2.30. The number of hydrogen-bond donors (Lipinski definition) is 0. The molecule has 0 aliphatic rings. The largest absolute Gasteiger partial charge is 0.462 e. The highest BCUT2D eigenvalue weighted by atomic mass is 16.6. The number of allylic oxidation sites excluding steroid dienone is 8. The molecular formula is C55H98O6. The summed E-state index contributed by atoms with van der Waals surface area (Å²) in [6.07, 6.45) is 59.4. The number of rotatable bonds is 47. The highest BCUT2D eigenvalue weighted by molar-refractivity contribution is 5.71. The summed E-state index contributed by atoms with van der Waals surface area (Å²) in [5.41, 5.74) is 0. The third kappa shape index (κ3) is 48.3. The van der Waals surface area contributed by atoms with Gasteiger partial charge in [-0.25, -0.2) is 0 Å². The smallest absolute Gasteiger partial charge is 0.306 e. The van der Waals surface area contributed by atoms with Gasteiger partial charge in [-0.2, -0.15) is 0 Å². The van der Waals surface area contributed by atoms with Gasteiger partial charge in [0.15, 0.2) is 6.10 Å². The molecule has 0 unspecified atom stereocenters. The molecule has 0 aromatic rings. The first-order chi connectivity index (χ1) is 30.0. The van der Waals surface area contributed by atoms with Crippen LogP contribution in [0.5, 0.6) is 0 Å². The molecule has 0 bridgehead atoms. The first-order valence-electron chi connectivity index (χ1n) is 26.1. The lowest BCUT2D eigenvalue weighted by atomic mass is 10.1. The standard InChI is InChI=1S/C55H98O6/c1-4-7-10-13-16-19-22-25-27-30-33-36-39-42-45-48-54(57)60-51-52(50-59-53(56)47-44-41-38-35-32-29-24-21-18-15-12-9-6-3)61-55(58)49-46-43-40-37-34-31-28-26-23-20-17-14-11-8-5-2/h16,19,21,24-28,52H,4-15,17-18,20,22-23,29-51H2,1-3H3/b19-16-,24-21-,27-25-,28-26-/t52-/m1/s1. The van der Waals surface area contributed by atoms with Gasteiger partial charge in [0.1, 0.15) is 13.2 Å². The van der Waals surface area contributed by atoms with Crippen molar-refractivity contribution in [1.29, 1.82) is 0 Å². The molecule has 6 nitrogen and oxygen atoms in total. The zero-order valence-corrected chi connectivity index (χ0v) is 40.4. The van der Waals surface area contributed by atoms with Gasteiger partial charge < -0.3 is 14.2 Å². The molecule has 0 heterocycles. The van der Waals surface area contributed by atoms with Crippen LogP contribution in [0.2, 0.25) is 0 Å². The number of hydrogen-bond acceptors (Lipinski definition) is 6. The second-order valence-electron chi connectivity index (χ2n) is 17.4. The van der Waals surface area contributed by atoms with Crippen molar-refractivity contribution < 1.29 is 28.6 Å². The number of carbonyl (C=O) groups is 3. The molecule has 6 heteroatoms. The van der Waals surface area contributed by atoms with Crippen molar-refractivity contribution in [3.8, 4) is 0 Å². The predicted octanol–water partition coefficient (Wildman–Crippen LogP) is 17.1. The normalized spacial score (nSPS) is 12.4. The Morgan fingerprint density at radius 1 is 0.328 bits per heavy atom. The Morgan fingerprint density at radius 3 is 0.967 bits per heavy atom. The van der Waals surface area contributed by atoms with Crippen LogP contribution < -0.4 is 0 Å². The molecule has 0 aliphatic heterocycles. The molecular weight excluding hydrogens is 757 g/mol. The third-order valence-corrected chi connectivity index (χ3v) is 11.3. The molecule has 0 spiro atoms. The van der Waals surface area contributed by atoms with Crippen LogP contribution in [0, 0.1) is 0 Å². The Morgan fingerprint density at radius 2 is 0.590 bits per heavy atom. The Balaban J connectivity index is 4.42. The Labute approximate surface area is 378 Å². The maximum Gasteiger partial charge on any atom is 0.306 e. The molecule has 354 valence electrons. The fourth-order valence-corrected chi connectivity index (χ4v) is 7.28. The minimum atomic E-state index is -0.784. The summed E-state index contributed by atoms with van der Waals surface area (Å²) < 4.78 is 16.8. The van der Waals surface area contributed by atoms with Crippen LogP contribution in [0.1, 0.15) is 265 Å². The maximum atomic E-state index is 12.8. The SMILES string of the molecule is CCCCC/C=C\C/C=C\CCCCCCCC(=O)OC[C@@H](COC(=O)CCCCCCC/C=C\CCCCCC)OC(=O)CCCCCCC/C=C\CCCCCCCC. The predicted molar refractivity (Wildman–Crippen MR) is 261 cm³/mol. The van der Waals surface area contributed by atoms with E-state index in [0.717, 1.165) is 96.3 Å². The number of carbonyl (C=O) groups excluding carboxylic acids is 3. The van der Waals surface area contributed by atoms with Gasteiger partial charge in [0.25, 0.3) is 0 Å². The van der Waals surface area contributed by atoms with Crippen LogP contribution in [-0.2, 0) is 28.6 Å². The van der Waals surface area contributed by atoms with Crippen LogP contribution >= 0.6 is 0 Å². The van der Waals surface area contributed by atoms with Gasteiger partial charge in [0.05, 0.1) is 0 Å². The molecule has 0 aromatic carbocycles. The summed E-state index contributed by atoms with van der Waals surface area (Å²) >= 11 is 0. The maximum absolute atomic E-state index is 12.8. The van der Waals surface area contributed by atoms with E-state index in [2.05, 4.69) is 69.4 Å². The molecule has 0 saturated carbocycles. The fourth-order valence-electron chi connectivity index (χ4n) is 7.28. The number of esters is 3. The van der Waals surface area contributed by atoms with E-state index in [4.69, 9.17) is 14.2 Å². The Bertz CT molecular complexity index is 1070. The zero-order chi connectivity index (χ0) is 44.4. The van der Waals surface area contributed by atoms with Crippen LogP contribution in [0.15, 0.2) is 48.6 Å². The van der Waals surface area contributed by atoms with E-state index >= 15 is 0 Å². The van der Waals surface area contributed by atoms with Crippen LogP contribution in [0.3, 0.4) is 0 Å². The molecule has 0 rings (SSSR count). The van der Waals surface area contributed by atoms with E-state index in [1.54, 1.807) is 0 Å². The average Bonchev–Trinajstić information content (AvgIpc) is 3.26. The first-order valence-corrected chi connectivity index (χ1v) is 26.1. The molecule has 0 saturated heterocycles. The van der Waals surface area contributed by atoms with Crippen molar-refractivity contribution in [1.82, 2.24) is 0 Å². The van der Waals surface area contributed by atoms with Gasteiger partial charge in [0.2, 0.25) is 0 Å². The van der Waals surface area contributed by atoms with Crippen LogP contribution in [-0.4, -0.2) is 37.2 Å². The van der Waals surface area contributed by atoms with Crippen LogP contribution in [0.25, 0.3) is 0 Å². The monoisotopic (exact) mass is 855 g/mol. The summed E-state index contributed by atoms with van der Waals surface area (Å²) in [6.45, 7) is 6.58. The second kappa shape index (κ2) is 50.0. The number of unbranched alkanes of at least 4 members (excludes halogenated alkanes) is 28. The quantitative estimate of drug-likeness (QED) is 0.0263. The van der Waals surface area contributed by atoms with Crippen molar-refractivity contribution in [3.63, 3.8) is 0 Å². The summed E-state index contributed by atoms with van der Waals surface area (Å²) in [6, 6.07) is 0. The van der Waals surface area contributed by atoms with Gasteiger partial charge in [-0.05, 0) is 103 Å². The average molecular weight is 855 g/mol. The van der Waals surface area contributed by atoms with E-state index in [1.807, 2.05) is 0 Å². The minimum Gasteiger partial charge on any atom is -0.462 e. The summed E-state index contributed by atoms with van der Waals surface area (Å²) in [7, 11) is 0. The second-order valence-corrected chi connectivity index (χ2v) is 17.4. The molecule has 0 amide bonds. The fraction of sp³-hybridized carbons (Fsp3) is 0.800. The van der Waals surface area contributed by atoms with Crippen molar-refractivity contribution in [2.24, 2.45) is 0 Å². The van der Waals surface area contributed by atoms with Gasteiger partial charge in [-0.15, -0.1) is 0 Å². The van der Waals surface area contributed by atoms with Crippen molar-refractivity contribution >= 4 is 17.9 Å². The lowest BCUT2D eigenvalue weighted by molar-refractivity contribution is -0.167. The number of ether oxygens (including phenoxy) is 3. The topological polar surface area (TPSA) is 78.9 Å². The van der Waals surface area contributed by atoms with E-state index < -0.39 is 6.10 Å². The summed E-state index contributed by atoms with van der Waals surface area (Å²) in [5.74, 6) is -0.909. The molecule has 0 radical (unpaired) electrons. The zero-order valence-electron chi connectivity index (χ0n) is 40.4. The summed E-state index contributed by atoms with van der Waals surface area (Å²) in [4.78, 5) is 38.0. The molecule has 1 atom stereocenters. The third-order valence-electron chi connectivity index (χ3n) is 11.3. The van der Waals surface area contributed by atoms with E-state index in [9.17, 15) is 14.4 Å². The van der Waals surface area contributed by atoms with Gasteiger partial charge in [0, 0.05) is 19.3 Å². The van der Waals surface area contributed by atoms with Gasteiger partial charge >= 0.3 is 17.9 Å². The van der Waals surface area contributed by atoms with Gasteiger partial charge in [-0.1, -0.05) is 191 Å². The lowest BCUT2D eigenvalue weighted by Gasteiger charge is -2.18. The highest BCUT2D eigenvalue weighted by Crippen LogP contribution is 2.14. The van der Waals surface area contributed by atoms with E-state index in [0.29, 0.717) is 19.3 Å². The van der Waals surface area contributed by atoms with Gasteiger partial charge in [-0.3, -0.25) is 14.4 Å². The van der Waals surface area contributed by atoms with Crippen molar-refractivity contribution in [3.05, 3.63) is 48.6 Å². The summed E-state index contributed by atoms with van der Waals surface area (Å²) in [5, 5.41) is 0. The minimum absolute atomic E-state index is 0.0846. The molecule has 0 aromatic heterocycles. The first kappa shape index (κ1) is 58.4. The van der Waals surface area contributed by atoms with Crippen molar-refractivity contribution in [2.75, 3.05) is 13.2 Å². The highest BCUT2D eigenvalue weighted by Gasteiger charge is 2.19. The van der Waals surface area contributed by atoms with E-state index in [-0.39, 0.29) is 31.1 Å². The molecule has 61 heavy (non-hydrogen) atoms. The van der Waals surface area contributed by atoms with E-state index in [1.165, 1.54) is 128 Å². The molecule has 0 aliphatic carbocycles. The van der Waals surface area contributed by atoms with Crippen molar-refractivity contribution in [2.45, 2.75) is 271 Å². The molecule has 0 fully saturated rings. The Hall–Kier alpha value is -2.63. The Kier molecular flexibility index (Phi) is 47.9.